The van der Waals surface area contributed by atoms with Gasteiger partial charge in [0.25, 0.3) is 5.91 Å². The van der Waals surface area contributed by atoms with Crippen molar-refractivity contribution >= 4 is 5.91 Å². The molecular weight excluding hydrogens is 268 g/mol. The first kappa shape index (κ1) is 14.8. The van der Waals surface area contributed by atoms with E-state index in [4.69, 9.17) is 4.74 Å². The number of carbonyl (C=O) groups excluding carboxylic acids is 1. The Labute approximate surface area is 123 Å². The molecule has 1 N–H and O–H groups in total. The van der Waals surface area contributed by atoms with Crippen molar-refractivity contribution < 1.29 is 14.7 Å². The first-order valence-electron chi connectivity index (χ1n) is 6.90. The van der Waals surface area contributed by atoms with Gasteiger partial charge in [0, 0.05) is 6.20 Å². The standard InChI is InChI=1S/C16H18N2O3/c1-2-3-12-21-14-9-5-4-8-13(14)16(19)17-15-10-6-7-11-18(15)20/h4-11,20H,2-3,12H2,1H3. The highest BCUT2D eigenvalue weighted by molar-refractivity contribution is 5.97. The van der Waals surface area contributed by atoms with Crippen molar-refractivity contribution in [2.45, 2.75) is 19.8 Å². The normalized spacial score (nSPS) is 11.4. The molecule has 0 aliphatic rings. The molecular formula is C16H18N2O3. The first-order valence-corrected chi connectivity index (χ1v) is 6.90. The zero-order valence-corrected chi connectivity index (χ0v) is 11.9. The fourth-order valence-electron chi connectivity index (χ4n) is 1.77. The predicted molar refractivity (Wildman–Crippen MR) is 78.4 cm³/mol. The molecule has 1 aromatic heterocycles. The molecule has 21 heavy (non-hydrogen) atoms. The van der Waals surface area contributed by atoms with Crippen molar-refractivity contribution in [2.24, 2.45) is 4.99 Å². The third-order valence-corrected chi connectivity index (χ3v) is 2.91. The Morgan fingerprint density at radius 1 is 1.24 bits per heavy atom. The molecule has 1 heterocycles. The number of amides is 1. The molecule has 0 fully saturated rings. The zero-order chi connectivity index (χ0) is 15.1. The third kappa shape index (κ3) is 3.95. The van der Waals surface area contributed by atoms with Gasteiger partial charge in [-0.3, -0.25) is 4.79 Å². The molecule has 0 unspecified atom stereocenters. The molecule has 0 aliphatic heterocycles. The number of nitrogens with zero attached hydrogens (tertiary/aromatic N) is 2. The van der Waals surface area contributed by atoms with Gasteiger partial charge in [-0.25, -0.2) is 0 Å². The highest BCUT2D eigenvalue weighted by Crippen LogP contribution is 2.19. The first-order chi connectivity index (χ1) is 10.2. The third-order valence-electron chi connectivity index (χ3n) is 2.91. The van der Waals surface area contributed by atoms with Crippen LogP contribution >= 0.6 is 0 Å². The summed E-state index contributed by atoms with van der Waals surface area (Å²) in [6, 6.07) is 11.9. The summed E-state index contributed by atoms with van der Waals surface area (Å²) in [5, 5.41) is 9.59. The van der Waals surface area contributed by atoms with Crippen molar-refractivity contribution in [1.29, 1.82) is 0 Å². The molecule has 0 spiro atoms. The maximum atomic E-state index is 12.2. The maximum absolute atomic E-state index is 12.2. The lowest BCUT2D eigenvalue weighted by Gasteiger charge is -2.08. The molecule has 0 radical (unpaired) electrons. The highest BCUT2D eigenvalue weighted by atomic mass is 16.5. The predicted octanol–water partition coefficient (Wildman–Crippen LogP) is 2.65. The molecule has 0 aliphatic carbocycles. The second kappa shape index (κ2) is 7.28. The van der Waals surface area contributed by atoms with Crippen molar-refractivity contribution in [1.82, 2.24) is 4.73 Å². The lowest BCUT2D eigenvalue weighted by molar-refractivity contribution is 0.0984. The van der Waals surface area contributed by atoms with E-state index in [1.807, 2.05) is 6.07 Å². The van der Waals surface area contributed by atoms with Gasteiger partial charge in [0.2, 0.25) is 0 Å². The Hall–Kier alpha value is -2.56. The molecule has 1 aromatic carbocycles. The van der Waals surface area contributed by atoms with Crippen LogP contribution in [0, 0.1) is 0 Å². The summed E-state index contributed by atoms with van der Waals surface area (Å²) in [6.07, 6.45) is 3.36. The molecule has 2 rings (SSSR count). The van der Waals surface area contributed by atoms with Crippen LogP contribution in [-0.2, 0) is 0 Å². The fourth-order valence-corrected chi connectivity index (χ4v) is 1.77. The van der Waals surface area contributed by atoms with E-state index in [9.17, 15) is 10.0 Å². The molecule has 0 saturated carbocycles. The van der Waals surface area contributed by atoms with E-state index in [1.54, 1.807) is 36.4 Å². The number of rotatable bonds is 5. The largest absolute Gasteiger partial charge is 0.493 e. The van der Waals surface area contributed by atoms with E-state index in [0.29, 0.717) is 17.9 Å². The summed E-state index contributed by atoms with van der Waals surface area (Å²) in [5.74, 6) is 0.0659. The summed E-state index contributed by atoms with van der Waals surface area (Å²) in [7, 11) is 0. The van der Waals surface area contributed by atoms with Gasteiger partial charge in [0.1, 0.15) is 5.75 Å². The summed E-state index contributed by atoms with van der Waals surface area (Å²) < 4.78 is 6.42. The quantitative estimate of drug-likeness (QED) is 0.679. The van der Waals surface area contributed by atoms with Gasteiger partial charge in [-0.15, -0.1) is 0 Å². The smallest absolute Gasteiger partial charge is 0.282 e. The Kier molecular flexibility index (Phi) is 5.15. The summed E-state index contributed by atoms with van der Waals surface area (Å²) in [4.78, 5) is 16.2. The Bertz CT molecular complexity index is 677. The second-order valence-electron chi connectivity index (χ2n) is 4.52. The van der Waals surface area contributed by atoms with Gasteiger partial charge in [-0.2, -0.15) is 9.72 Å². The maximum Gasteiger partial charge on any atom is 0.282 e. The average molecular weight is 286 g/mol. The topological polar surface area (TPSA) is 63.8 Å². The Morgan fingerprint density at radius 3 is 2.76 bits per heavy atom. The summed E-state index contributed by atoms with van der Waals surface area (Å²) >= 11 is 0. The van der Waals surface area contributed by atoms with E-state index in [1.165, 1.54) is 6.20 Å². The fraction of sp³-hybridized carbons (Fsp3) is 0.250. The van der Waals surface area contributed by atoms with Crippen molar-refractivity contribution in [3.8, 4) is 5.75 Å². The monoisotopic (exact) mass is 286 g/mol. The molecule has 1 amide bonds. The number of aromatic nitrogens is 1. The SMILES string of the molecule is CCCCOc1ccccc1C(=O)N=c1ccccn1O. The molecule has 0 bridgehead atoms. The van der Waals surface area contributed by atoms with Crippen LogP contribution in [0.5, 0.6) is 5.75 Å². The second-order valence-corrected chi connectivity index (χ2v) is 4.52. The van der Waals surface area contributed by atoms with Crippen LogP contribution in [-0.4, -0.2) is 22.5 Å². The highest BCUT2D eigenvalue weighted by Gasteiger charge is 2.11. The number of carbonyl (C=O) groups is 1. The van der Waals surface area contributed by atoms with Crippen LogP contribution in [0.1, 0.15) is 30.1 Å². The van der Waals surface area contributed by atoms with Gasteiger partial charge in [-0.05, 0) is 30.7 Å². The minimum atomic E-state index is -0.448. The zero-order valence-electron chi connectivity index (χ0n) is 11.9. The van der Waals surface area contributed by atoms with E-state index < -0.39 is 5.91 Å². The number of hydrogen-bond acceptors (Lipinski definition) is 3. The molecule has 2 aromatic rings. The van der Waals surface area contributed by atoms with E-state index in [-0.39, 0.29) is 5.49 Å². The van der Waals surface area contributed by atoms with Gasteiger partial charge in [-0.1, -0.05) is 31.5 Å². The summed E-state index contributed by atoms with van der Waals surface area (Å²) in [6.45, 7) is 2.64. The lowest BCUT2D eigenvalue weighted by Crippen LogP contribution is -2.19. The number of para-hydroxylation sites is 1. The minimum Gasteiger partial charge on any atom is -0.493 e. The van der Waals surface area contributed by atoms with Gasteiger partial charge < -0.3 is 9.94 Å². The van der Waals surface area contributed by atoms with Crippen molar-refractivity contribution in [2.75, 3.05) is 6.61 Å². The van der Waals surface area contributed by atoms with Gasteiger partial charge >= 0.3 is 0 Å². The van der Waals surface area contributed by atoms with Gasteiger partial charge in [0.15, 0.2) is 5.49 Å². The van der Waals surface area contributed by atoms with Crippen LogP contribution in [0.3, 0.4) is 0 Å². The van der Waals surface area contributed by atoms with E-state index in [2.05, 4.69) is 11.9 Å². The Balaban J connectivity index is 2.28. The number of ether oxygens (including phenoxy) is 1. The number of unbranched alkanes of at least 4 members (excludes halogenated alkanes) is 1. The van der Waals surface area contributed by atoms with Crippen molar-refractivity contribution in [3.63, 3.8) is 0 Å². The number of hydrogen-bond donors (Lipinski definition) is 1. The minimum absolute atomic E-state index is 0.172. The van der Waals surface area contributed by atoms with Crippen LogP contribution in [0.2, 0.25) is 0 Å². The summed E-state index contributed by atoms with van der Waals surface area (Å²) in [5.41, 5.74) is 0.559. The lowest BCUT2D eigenvalue weighted by atomic mass is 10.2. The van der Waals surface area contributed by atoms with Crippen LogP contribution < -0.4 is 10.2 Å². The molecule has 110 valence electrons. The Morgan fingerprint density at radius 2 is 2.00 bits per heavy atom. The van der Waals surface area contributed by atoms with Gasteiger partial charge in [0.05, 0.1) is 12.2 Å². The van der Waals surface area contributed by atoms with Crippen LogP contribution in [0.15, 0.2) is 53.7 Å². The van der Waals surface area contributed by atoms with E-state index in [0.717, 1.165) is 17.6 Å². The molecule has 0 atom stereocenters. The number of benzene rings is 1. The molecule has 5 nitrogen and oxygen atoms in total. The molecule has 5 heteroatoms. The number of pyridine rings is 1. The van der Waals surface area contributed by atoms with E-state index >= 15 is 0 Å². The van der Waals surface area contributed by atoms with Crippen LogP contribution in [0.25, 0.3) is 0 Å². The van der Waals surface area contributed by atoms with Crippen molar-refractivity contribution in [3.05, 3.63) is 59.7 Å². The molecule has 0 saturated heterocycles. The average Bonchev–Trinajstić information content (AvgIpc) is 2.50. The van der Waals surface area contributed by atoms with Crippen LogP contribution in [0.4, 0.5) is 0 Å².